The van der Waals surface area contributed by atoms with E-state index in [0.717, 1.165) is 12.8 Å². The molecule has 2 N–H and O–H groups in total. The summed E-state index contributed by atoms with van der Waals surface area (Å²) in [6, 6.07) is 1.19. The third-order valence-electron chi connectivity index (χ3n) is 3.69. The van der Waals surface area contributed by atoms with Crippen molar-refractivity contribution < 1.29 is 19.4 Å². The van der Waals surface area contributed by atoms with Crippen LogP contribution in [0, 0.1) is 0 Å². The number of anilines is 1. The number of ether oxygens (including phenoxy) is 1. The Hall–Kier alpha value is -2.15. The zero-order chi connectivity index (χ0) is 14.8. The minimum Gasteiger partial charge on any atom is -0.478 e. The van der Waals surface area contributed by atoms with Gasteiger partial charge in [0.25, 0.3) is 0 Å². The van der Waals surface area contributed by atoms with Crippen molar-refractivity contribution in [1.82, 2.24) is 10.3 Å². The first-order chi connectivity index (χ1) is 10.2. The molecule has 1 saturated carbocycles. The molecule has 1 aliphatic carbocycles. The van der Waals surface area contributed by atoms with Crippen LogP contribution < -0.4 is 10.2 Å². The summed E-state index contributed by atoms with van der Waals surface area (Å²) in [5, 5.41) is 12.2. The number of aromatic carboxylic acids is 1. The molecule has 1 aromatic rings. The zero-order valence-electron chi connectivity index (χ0n) is 11.5. The lowest BCUT2D eigenvalue weighted by atomic mass is 10.1. The maximum absolute atomic E-state index is 12.3. The average Bonchev–Trinajstić information content (AvgIpc) is 3.31. The van der Waals surface area contributed by atoms with E-state index in [-0.39, 0.29) is 24.1 Å². The van der Waals surface area contributed by atoms with Crippen molar-refractivity contribution in [2.24, 2.45) is 0 Å². The standard InChI is InChI=1S/C14H17N3O4/c18-13(16-9-1-2-9)12-8-21-6-5-17(12)11-7-15-4-3-10(11)14(19)20/h3-4,7,9,12H,1-2,5-6,8H2,(H,16,18)(H,19,20). The van der Waals surface area contributed by atoms with Crippen molar-refractivity contribution in [3.8, 4) is 0 Å². The minimum absolute atomic E-state index is 0.114. The predicted molar refractivity (Wildman–Crippen MR) is 74.3 cm³/mol. The maximum Gasteiger partial charge on any atom is 0.337 e. The van der Waals surface area contributed by atoms with E-state index in [2.05, 4.69) is 10.3 Å². The lowest BCUT2D eigenvalue weighted by Gasteiger charge is -2.36. The van der Waals surface area contributed by atoms with E-state index in [4.69, 9.17) is 4.74 Å². The van der Waals surface area contributed by atoms with Gasteiger partial charge < -0.3 is 20.1 Å². The normalized spacial score (nSPS) is 21.9. The molecule has 112 valence electrons. The second-order valence-corrected chi connectivity index (χ2v) is 5.26. The van der Waals surface area contributed by atoms with Gasteiger partial charge in [-0.1, -0.05) is 0 Å². The molecule has 1 saturated heterocycles. The highest BCUT2D eigenvalue weighted by Crippen LogP contribution is 2.25. The highest BCUT2D eigenvalue weighted by atomic mass is 16.5. The van der Waals surface area contributed by atoms with Crippen molar-refractivity contribution in [2.45, 2.75) is 24.9 Å². The molecule has 1 amide bonds. The Kier molecular flexibility index (Phi) is 3.74. The Morgan fingerprint density at radius 1 is 1.43 bits per heavy atom. The van der Waals surface area contributed by atoms with Gasteiger partial charge >= 0.3 is 5.97 Å². The van der Waals surface area contributed by atoms with Crippen LogP contribution in [0.5, 0.6) is 0 Å². The molecular formula is C14H17N3O4. The van der Waals surface area contributed by atoms with E-state index in [0.29, 0.717) is 18.8 Å². The third kappa shape index (κ3) is 2.97. The fraction of sp³-hybridized carbons (Fsp3) is 0.500. The Morgan fingerprint density at radius 3 is 2.95 bits per heavy atom. The number of carboxylic acid groups (broad SMARTS) is 1. The molecule has 1 atom stereocenters. The molecule has 2 fully saturated rings. The largest absolute Gasteiger partial charge is 0.478 e. The molecule has 3 rings (SSSR count). The maximum atomic E-state index is 12.3. The van der Waals surface area contributed by atoms with Crippen molar-refractivity contribution in [3.05, 3.63) is 24.0 Å². The Morgan fingerprint density at radius 2 is 2.24 bits per heavy atom. The SMILES string of the molecule is O=C(O)c1ccncc1N1CCOCC1C(=O)NC1CC1. The van der Waals surface area contributed by atoms with Gasteiger partial charge in [-0.25, -0.2) is 4.79 Å². The first-order valence-corrected chi connectivity index (χ1v) is 6.99. The highest BCUT2D eigenvalue weighted by molar-refractivity contribution is 5.96. The first kappa shape index (κ1) is 13.8. The molecule has 0 bridgehead atoms. The number of aromatic nitrogens is 1. The van der Waals surface area contributed by atoms with Gasteiger partial charge in [-0.2, -0.15) is 0 Å². The van der Waals surface area contributed by atoms with E-state index in [9.17, 15) is 14.7 Å². The van der Waals surface area contributed by atoms with Crippen molar-refractivity contribution in [2.75, 3.05) is 24.7 Å². The van der Waals surface area contributed by atoms with Gasteiger partial charge in [0.15, 0.2) is 0 Å². The molecular weight excluding hydrogens is 274 g/mol. The van der Waals surface area contributed by atoms with Crippen LogP contribution in [0.2, 0.25) is 0 Å². The molecule has 7 nitrogen and oxygen atoms in total. The van der Waals surface area contributed by atoms with Crippen LogP contribution >= 0.6 is 0 Å². The Bertz CT molecular complexity index is 559. The fourth-order valence-electron chi connectivity index (χ4n) is 2.43. The molecule has 7 heteroatoms. The molecule has 0 spiro atoms. The number of carbonyl (C=O) groups is 2. The van der Waals surface area contributed by atoms with Gasteiger partial charge in [0.1, 0.15) is 6.04 Å². The third-order valence-corrected chi connectivity index (χ3v) is 3.69. The number of rotatable bonds is 4. The molecule has 1 aliphatic heterocycles. The molecule has 21 heavy (non-hydrogen) atoms. The summed E-state index contributed by atoms with van der Waals surface area (Å²) in [6.07, 6.45) is 4.94. The highest BCUT2D eigenvalue weighted by Gasteiger charge is 2.34. The van der Waals surface area contributed by atoms with Crippen LogP contribution in [0.1, 0.15) is 23.2 Å². The van der Waals surface area contributed by atoms with Crippen LogP contribution in [-0.4, -0.2) is 53.8 Å². The van der Waals surface area contributed by atoms with Crippen LogP contribution in [0.25, 0.3) is 0 Å². The lowest BCUT2D eigenvalue weighted by molar-refractivity contribution is -0.124. The topological polar surface area (TPSA) is 91.8 Å². The van der Waals surface area contributed by atoms with Gasteiger partial charge in [-0.15, -0.1) is 0 Å². The van der Waals surface area contributed by atoms with Crippen LogP contribution in [-0.2, 0) is 9.53 Å². The van der Waals surface area contributed by atoms with Gasteiger partial charge in [0.2, 0.25) is 5.91 Å². The van der Waals surface area contributed by atoms with E-state index >= 15 is 0 Å². The summed E-state index contributed by atoms with van der Waals surface area (Å²) in [7, 11) is 0. The van der Waals surface area contributed by atoms with Gasteiger partial charge in [-0.3, -0.25) is 9.78 Å². The van der Waals surface area contributed by atoms with E-state index in [1.54, 1.807) is 4.90 Å². The predicted octanol–water partition coefficient (Wildman–Crippen LogP) is 0.264. The van der Waals surface area contributed by atoms with Gasteiger partial charge in [0.05, 0.1) is 30.7 Å². The van der Waals surface area contributed by atoms with E-state index in [1.165, 1.54) is 18.5 Å². The number of carboxylic acids is 1. The minimum atomic E-state index is -1.03. The van der Waals surface area contributed by atoms with Crippen molar-refractivity contribution in [3.63, 3.8) is 0 Å². The van der Waals surface area contributed by atoms with Crippen LogP contribution in [0.4, 0.5) is 5.69 Å². The Balaban J connectivity index is 1.86. The van der Waals surface area contributed by atoms with E-state index < -0.39 is 12.0 Å². The number of carbonyl (C=O) groups excluding carboxylic acids is 1. The molecule has 1 aromatic heterocycles. The summed E-state index contributed by atoms with van der Waals surface area (Å²) in [4.78, 5) is 29.4. The number of amides is 1. The number of morpholine rings is 1. The monoisotopic (exact) mass is 291 g/mol. The molecule has 2 aliphatic rings. The second-order valence-electron chi connectivity index (χ2n) is 5.26. The summed E-state index contributed by atoms with van der Waals surface area (Å²) in [6.45, 7) is 1.18. The van der Waals surface area contributed by atoms with E-state index in [1.807, 2.05) is 0 Å². The summed E-state index contributed by atoms with van der Waals surface area (Å²) in [5.41, 5.74) is 0.611. The van der Waals surface area contributed by atoms with Crippen molar-refractivity contribution >= 4 is 17.6 Å². The molecule has 0 aromatic carbocycles. The molecule has 2 heterocycles. The number of hydrogen-bond donors (Lipinski definition) is 2. The van der Waals surface area contributed by atoms with Gasteiger partial charge in [0, 0.05) is 18.8 Å². The summed E-state index contributed by atoms with van der Waals surface area (Å²) in [5.74, 6) is -1.14. The van der Waals surface area contributed by atoms with Crippen LogP contribution in [0.15, 0.2) is 18.5 Å². The Labute approximate surface area is 121 Å². The second kappa shape index (κ2) is 5.69. The first-order valence-electron chi connectivity index (χ1n) is 6.99. The average molecular weight is 291 g/mol. The zero-order valence-corrected chi connectivity index (χ0v) is 11.5. The summed E-state index contributed by atoms with van der Waals surface area (Å²) >= 11 is 0. The van der Waals surface area contributed by atoms with Crippen molar-refractivity contribution in [1.29, 1.82) is 0 Å². The number of pyridine rings is 1. The number of hydrogen-bond acceptors (Lipinski definition) is 5. The van der Waals surface area contributed by atoms with Crippen LogP contribution in [0.3, 0.4) is 0 Å². The molecule has 0 radical (unpaired) electrons. The molecule has 1 unspecified atom stereocenters. The number of nitrogens with one attached hydrogen (secondary N) is 1. The smallest absolute Gasteiger partial charge is 0.337 e. The number of nitrogens with zero attached hydrogens (tertiary/aromatic N) is 2. The van der Waals surface area contributed by atoms with Gasteiger partial charge in [-0.05, 0) is 18.9 Å². The summed E-state index contributed by atoms with van der Waals surface area (Å²) < 4.78 is 5.39. The lowest BCUT2D eigenvalue weighted by Crippen LogP contribution is -2.54. The quantitative estimate of drug-likeness (QED) is 0.827. The fourth-order valence-corrected chi connectivity index (χ4v) is 2.43.